The van der Waals surface area contributed by atoms with Gasteiger partial charge in [-0.25, -0.2) is 0 Å². The zero-order chi connectivity index (χ0) is 16.4. The molecule has 6 heteroatoms. The Hall–Kier alpha value is -2.50. The molecule has 3 rings (SSSR count). The van der Waals surface area contributed by atoms with Crippen molar-refractivity contribution in [3.8, 4) is 5.75 Å². The number of aliphatic carboxylic acids is 1. The van der Waals surface area contributed by atoms with Crippen LogP contribution in [0.5, 0.6) is 5.75 Å². The summed E-state index contributed by atoms with van der Waals surface area (Å²) in [7, 11) is 1.59. The Balaban J connectivity index is 1.74. The Kier molecular flexibility index (Phi) is 4.23. The van der Waals surface area contributed by atoms with Crippen LogP contribution in [0.15, 0.2) is 28.9 Å². The summed E-state index contributed by atoms with van der Waals surface area (Å²) in [5, 5.41) is 10.0. The van der Waals surface area contributed by atoms with Crippen molar-refractivity contribution in [2.24, 2.45) is 5.92 Å². The summed E-state index contributed by atoms with van der Waals surface area (Å²) in [4.78, 5) is 25.2. The van der Waals surface area contributed by atoms with E-state index in [1.807, 2.05) is 12.1 Å². The number of carbonyl (C=O) groups excluding carboxylic acids is 1. The first kappa shape index (κ1) is 15.4. The van der Waals surface area contributed by atoms with Gasteiger partial charge in [-0.2, -0.15) is 0 Å². The summed E-state index contributed by atoms with van der Waals surface area (Å²) in [6.07, 6.45) is 3.16. The minimum Gasteiger partial charge on any atom is -0.497 e. The minimum atomic E-state index is -0.830. The molecule has 0 aliphatic carbocycles. The van der Waals surface area contributed by atoms with Gasteiger partial charge in [0.15, 0.2) is 0 Å². The van der Waals surface area contributed by atoms with Gasteiger partial charge in [0, 0.05) is 30.1 Å². The van der Waals surface area contributed by atoms with Crippen LogP contribution in [0.2, 0.25) is 0 Å². The molecule has 1 aromatic carbocycles. The first-order valence-corrected chi connectivity index (χ1v) is 7.63. The van der Waals surface area contributed by atoms with Gasteiger partial charge in [-0.1, -0.05) is 0 Å². The van der Waals surface area contributed by atoms with Crippen molar-refractivity contribution < 1.29 is 23.8 Å². The number of rotatable bonds is 4. The Morgan fingerprint density at radius 3 is 3.00 bits per heavy atom. The number of likely N-dealkylation sites (tertiary alicyclic amines) is 1. The van der Waals surface area contributed by atoms with Crippen LogP contribution in [-0.4, -0.2) is 42.1 Å². The summed E-state index contributed by atoms with van der Waals surface area (Å²) in [6.45, 7) is 0.907. The van der Waals surface area contributed by atoms with E-state index >= 15 is 0 Å². The van der Waals surface area contributed by atoms with E-state index in [-0.39, 0.29) is 18.9 Å². The van der Waals surface area contributed by atoms with Crippen LogP contribution >= 0.6 is 0 Å². The van der Waals surface area contributed by atoms with Crippen LogP contribution in [0.25, 0.3) is 11.0 Å². The van der Waals surface area contributed by atoms with Gasteiger partial charge >= 0.3 is 5.97 Å². The van der Waals surface area contributed by atoms with Gasteiger partial charge in [0.2, 0.25) is 5.91 Å². The van der Waals surface area contributed by atoms with E-state index in [2.05, 4.69) is 0 Å². The molecule has 23 heavy (non-hydrogen) atoms. The van der Waals surface area contributed by atoms with E-state index in [1.54, 1.807) is 24.3 Å². The van der Waals surface area contributed by atoms with Gasteiger partial charge in [-0.05, 0) is 25.0 Å². The van der Waals surface area contributed by atoms with Crippen molar-refractivity contribution >= 4 is 22.8 Å². The molecule has 0 spiro atoms. The second-order valence-corrected chi connectivity index (χ2v) is 5.82. The molecule has 1 saturated heterocycles. The molecule has 1 fully saturated rings. The van der Waals surface area contributed by atoms with E-state index in [1.165, 1.54) is 0 Å². The number of hydrogen-bond donors (Lipinski definition) is 1. The first-order valence-electron chi connectivity index (χ1n) is 7.63. The third-order valence-electron chi connectivity index (χ3n) is 4.33. The van der Waals surface area contributed by atoms with Crippen LogP contribution in [0.3, 0.4) is 0 Å². The summed E-state index contributed by atoms with van der Waals surface area (Å²) in [5.41, 5.74) is 1.49. The standard InChI is InChI=1S/C17H19NO5/c1-22-13-4-5-14-12(10-23-15(14)8-13)7-16(19)18-6-2-3-11(9-18)17(20)21/h4-5,8,10-11H,2-3,6-7,9H2,1H3,(H,20,21). The summed E-state index contributed by atoms with van der Waals surface area (Å²) in [6, 6.07) is 5.48. The Morgan fingerprint density at radius 2 is 2.26 bits per heavy atom. The molecular weight excluding hydrogens is 298 g/mol. The molecule has 1 amide bonds. The Bertz CT molecular complexity index is 736. The van der Waals surface area contributed by atoms with Crippen molar-refractivity contribution in [3.63, 3.8) is 0 Å². The smallest absolute Gasteiger partial charge is 0.308 e. The van der Waals surface area contributed by atoms with Crippen LogP contribution in [0.1, 0.15) is 18.4 Å². The topological polar surface area (TPSA) is 80.0 Å². The molecule has 1 atom stereocenters. The van der Waals surface area contributed by atoms with Crippen LogP contribution in [0, 0.1) is 5.92 Å². The highest BCUT2D eigenvalue weighted by Gasteiger charge is 2.28. The number of ether oxygens (including phenoxy) is 1. The van der Waals surface area contributed by atoms with Crippen LogP contribution in [-0.2, 0) is 16.0 Å². The van der Waals surface area contributed by atoms with E-state index in [0.29, 0.717) is 24.3 Å². The lowest BCUT2D eigenvalue weighted by molar-refractivity contribution is -0.145. The molecular formula is C17H19NO5. The number of nitrogens with zero attached hydrogens (tertiary/aromatic N) is 1. The maximum Gasteiger partial charge on any atom is 0.308 e. The second-order valence-electron chi connectivity index (χ2n) is 5.82. The number of amides is 1. The third-order valence-corrected chi connectivity index (χ3v) is 4.33. The number of methoxy groups -OCH3 is 1. The highest BCUT2D eigenvalue weighted by molar-refractivity contribution is 5.88. The van der Waals surface area contributed by atoms with Gasteiger partial charge in [0.1, 0.15) is 11.3 Å². The molecule has 1 N–H and O–H groups in total. The molecule has 0 bridgehead atoms. The highest BCUT2D eigenvalue weighted by atomic mass is 16.5. The number of carbonyl (C=O) groups is 2. The van der Waals surface area contributed by atoms with Gasteiger partial charge in [0.05, 0.1) is 25.7 Å². The number of carboxylic acid groups (broad SMARTS) is 1. The average Bonchev–Trinajstić information content (AvgIpc) is 2.97. The number of benzene rings is 1. The van der Waals surface area contributed by atoms with Crippen molar-refractivity contribution in [1.82, 2.24) is 4.90 Å². The largest absolute Gasteiger partial charge is 0.497 e. The highest BCUT2D eigenvalue weighted by Crippen LogP contribution is 2.26. The molecule has 0 radical (unpaired) electrons. The fourth-order valence-electron chi connectivity index (χ4n) is 3.01. The Morgan fingerprint density at radius 1 is 1.43 bits per heavy atom. The fraction of sp³-hybridized carbons (Fsp3) is 0.412. The third kappa shape index (κ3) is 3.16. The van der Waals surface area contributed by atoms with Crippen molar-refractivity contribution in [1.29, 1.82) is 0 Å². The molecule has 1 unspecified atom stereocenters. The van der Waals surface area contributed by atoms with Gasteiger partial charge in [-0.3, -0.25) is 9.59 Å². The molecule has 1 aliphatic heterocycles. The summed E-state index contributed by atoms with van der Waals surface area (Å²) in [5.74, 6) is -0.652. The van der Waals surface area contributed by atoms with Gasteiger partial charge in [-0.15, -0.1) is 0 Å². The number of piperidine rings is 1. The van der Waals surface area contributed by atoms with Crippen molar-refractivity contribution in [2.45, 2.75) is 19.3 Å². The van der Waals surface area contributed by atoms with Crippen molar-refractivity contribution in [3.05, 3.63) is 30.0 Å². The minimum absolute atomic E-state index is 0.0607. The predicted octanol–water partition coefficient (Wildman–Crippen LogP) is 2.31. The lowest BCUT2D eigenvalue weighted by Gasteiger charge is -2.30. The quantitative estimate of drug-likeness (QED) is 0.936. The van der Waals surface area contributed by atoms with E-state index < -0.39 is 11.9 Å². The number of fused-ring (bicyclic) bond motifs is 1. The van der Waals surface area contributed by atoms with Crippen LogP contribution in [0.4, 0.5) is 0 Å². The lowest BCUT2D eigenvalue weighted by atomic mass is 9.97. The molecule has 2 heterocycles. The average molecular weight is 317 g/mol. The zero-order valence-electron chi connectivity index (χ0n) is 12.9. The van der Waals surface area contributed by atoms with E-state index in [0.717, 1.165) is 17.4 Å². The number of hydrogen-bond acceptors (Lipinski definition) is 4. The maximum atomic E-state index is 12.5. The molecule has 1 aliphatic rings. The molecule has 2 aromatic rings. The SMILES string of the molecule is COc1ccc2c(CC(=O)N3CCCC(C(=O)O)C3)coc2c1. The zero-order valence-corrected chi connectivity index (χ0v) is 12.9. The monoisotopic (exact) mass is 317 g/mol. The van der Waals surface area contributed by atoms with E-state index in [9.17, 15) is 9.59 Å². The summed E-state index contributed by atoms with van der Waals surface area (Å²) < 4.78 is 10.6. The molecule has 122 valence electrons. The van der Waals surface area contributed by atoms with E-state index in [4.69, 9.17) is 14.3 Å². The van der Waals surface area contributed by atoms with Gasteiger partial charge < -0.3 is 19.2 Å². The predicted molar refractivity (Wildman–Crippen MR) is 83.4 cm³/mol. The van der Waals surface area contributed by atoms with Crippen LogP contribution < -0.4 is 4.74 Å². The van der Waals surface area contributed by atoms with Gasteiger partial charge in [0.25, 0.3) is 0 Å². The molecule has 0 saturated carbocycles. The van der Waals surface area contributed by atoms with Crippen molar-refractivity contribution in [2.75, 3.05) is 20.2 Å². The number of furan rings is 1. The normalized spacial score (nSPS) is 18.1. The first-order chi connectivity index (χ1) is 11.1. The maximum absolute atomic E-state index is 12.5. The molecule has 6 nitrogen and oxygen atoms in total. The number of carboxylic acids is 1. The second kappa shape index (κ2) is 6.32. The lowest BCUT2D eigenvalue weighted by Crippen LogP contribution is -2.42. The summed E-state index contributed by atoms with van der Waals surface area (Å²) >= 11 is 0. The fourth-order valence-corrected chi connectivity index (χ4v) is 3.01. The Labute approximate surface area is 133 Å². The molecule has 1 aromatic heterocycles.